The second-order valence-electron chi connectivity index (χ2n) is 6.40. The molecule has 0 aliphatic rings. The molecule has 0 fully saturated rings. The van der Waals surface area contributed by atoms with Crippen molar-refractivity contribution in [2.24, 2.45) is 0 Å². The molecule has 26 heavy (non-hydrogen) atoms. The zero-order chi connectivity index (χ0) is 18.7. The summed E-state index contributed by atoms with van der Waals surface area (Å²) in [4.78, 5) is 14.9. The van der Waals surface area contributed by atoms with E-state index in [9.17, 15) is 10.1 Å². The number of nitrogens with zero attached hydrogens (tertiary/aromatic N) is 2. The highest BCUT2D eigenvalue weighted by atomic mass is 32.1. The normalized spacial score (nSPS) is 11.1. The summed E-state index contributed by atoms with van der Waals surface area (Å²) in [6, 6.07) is 11.0. The smallest absolute Gasteiger partial charge is 0.270 e. The molecule has 1 aromatic heterocycles. The monoisotopic (exact) mass is 371 g/mol. The Morgan fingerprint density at radius 2 is 2.08 bits per heavy atom. The molecule has 7 heteroatoms. The third-order valence-corrected chi connectivity index (χ3v) is 4.99. The topological polar surface area (TPSA) is 77.3 Å². The van der Waals surface area contributed by atoms with E-state index in [0.29, 0.717) is 19.1 Å². The van der Waals surface area contributed by atoms with Crippen LogP contribution in [0.25, 0.3) is 10.2 Å². The number of aromatic nitrogens is 1. The predicted octanol–water partition coefficient (Wildman–Crippen LogP) is 5.13. The standard InChI is InChI=1S/C19H21N3O3S/c1-12(2)15-6-4-13(3)10-17(15)25-9-8-20-19-21-16-7-5-14(22(23)24)11-18(16)26-19/h4-7,10-12H,8-9H2,1-3H3,(H,20,21). The lowest BCUT2D eigenvalue weighted by Gasteiger charge is -2.15. The van der Waals surface area contributed by atoms with Gasteiger partial charge < -0.3 is 10.1 Å². The zero-order valence-electron chi connectivity index (χ0n) is 15.0. The van der Waals surface area contributed by atoms with Gasteiger partial charge >= 0.3 is 0 Å². The van der Waals surface area contributed by atoms with Gasteiger partial charge in [0.15, 0.2) is 5.13 Å². The lowest BCUT2D eigenvalue weighted by atomic mass is 10.0. The summed E-state index contributed by atoms with van der Waals surface area (Å²) in [5.41, 5.74) is 3.20. The molecule has 0 aliphatic heterocycles. The Balaban J connectivity index is 1.61. The zero-order valence-corrected chi connectivity index (χ0v) is 15.8. The van der Waals surface area contributed by atoms with Crippen molar-refractivity contribution < 1.29 is 9.66 Å². The first-order chi connectivity index (χ1) is 12.4. The lowest BCUT2D eigenvalue weighted by molar-refractivity contribution is -0.384. The second kappa shape index (κ2) is 7.70. The van der Waals surface area contributed by atoms with Crippen LogP contribution in [0.5, 0.6) is 5.75 Å². The summed E-state index contributed by atoms with van der Waals surface area (Å²) >= 11 is 1.40. The molecular weight excluding hydrogens is 350 g/mol. The molecule has 2 aromatic carbocycles. The molecule has 136 valence electrons. The van der Waals surface area contributed by atoms with Crippen LogP contribution in [0.1, 0.15) is 30.9 Å². The second-order valence-corrected chi connectivity index (χ2v) is 7.43. The van der Waals surface area contributed by atoms with Gasteiger partial charge in [-0.25, -0.2) is 4.98 Å². The van der Waals surface area contributed by atoms with E-state index in [-0.39, 0.29) is 5.69 Å². The number of anilines is 1. The van der Waals surface area contributed by atoms with Gasteiger partial charge in [-0.15, -0.1) is 0 Å². The Hall–Kier alpha value is -2.67. The van der Waals surface area contributed by atoms with Crippen LogP contribution in [-0.4, -0.2) is 23.1 Å². The number of hydrogen-bond donors (Lipinski definition) is 1. The predicted molar refractivity (Wildman–Crippen MR) is 106 cm³/mol. The molecule has 0 radical (unpaired) electrons. The van der Waals surface area contributed by atoms with Gasteiger partial charge in [-0.3, -0.25) is 10.1 Å². The number of aryl methyl sites for hydroxylation is 1. The lowest BCUT2D eigenvalue weighted by Crippen LogP contribution is -2.12. The van der Waals surface area contributed by atoms with Crippen LogP contribution in [0, 0.1) is 17.0 Å². The molecule has 6 nitrogen and oxygen atoms in total. The van der Waals surface area contributed by atoms with E-state index in [1.165, 1.54) is 28.5 Å². The first kappa shape index (κ1) is 18.1. The molecule has 0 aliphatic carbocycles. The van der Waals surface area contributed by atoms with Crippen molar-refractivity contribution in [1.82, 2.24) is 4.98 Å². The van der Waals surface area contributed by atoms with E-state index in [1.54, 1.807) is 12.1 Å². The maximum atomic E-state index is 10.9. The Kier molecular flexibility index (Phi) is 5.37. The van der Waals surface area contributed by atoms with Gasteiger partial charge in [-0.1, -0.05) is 37.3 Å². The molecule has 0 atom stereocenters. The van der Waals surface area contributed by atoms with E-state index in [1.807, 2.05) is 0 Å². The number of benzene rings is 2. The fraction of sp³-hybridized carbons (Fsp3) is 0.316. The number of non-ortho nitro benzene ring substituents is 1. The summed E-state index contributed by atoms with van der Waals surface area (Å²) in [6.07, 6.45) is 0. The van der Waals surface area contributed by atoms with Crippen LogP contribution in [0.4, 0.5) is 10.8 Å². The van der Waals surface area contributed by atoms with Crippen LogP contribution in [-0.2, 0) is 0 Å². The minimum absolute atomic E-state index is 0.0803. The number of ether oxygens (including phenoxy) is 1. The van der Waals surface area contributed by atoms with Crippen LogP contribution >= 0.6 is 11.3 Å². The highest BCUT2D eigenvalue weighted by Crippen LogP contribution is 2.29. The summed E-state index contributed by atoms with van der Waals surface area (Å²) in [5, 5.41) is 14.8. The van der Waals surface area contributed by atoms with Gasteiger partial charge in [0.1, 0.15) is 12.4 Å². The molecule has 0 unspecified atom stereocenters. The van der Waals surface area contributed by atoms with Crippen molar-refractivity contribution >= 4 is 32.4 Å². The van der Waals surface area contributed by atoms with Gasteiger partial charge in [0.25, 0.3) is 5.69 Å². The number of nitro groups is 1. The maximum absolute atomic E-state index is 10.9. The van der Waals surface area contributed by atoms with Crippen LogP contribution < -0.4 is 10.1 Å². The number of nitro benzene ring substituents is 1. The van der Waals surface area contributed by atoms with Crippen molar-refractivity contribution in [1.29, 1.82) is 0 Å². The summed E-state index contributed by atoms with van der Waals surface area (Å²) in [6.45, 7) is 7.47. The Bertz CT molecular complexity index is 937. The SMILES string of the molecule is Cc1ccc(C(C)C)c(OCCNc2nc3ccc([N+](=O)[O-])cc3s2)c1. The van der Waals surface area contributed by atoms with E-state index < -0.39 is 4.92 Å². The van der Waals surface area contributed by atoms with E-state index in [4.69, 9.17) is 4.74 Å². The van der Waals surface area contributed by atoms with E-state index in [0.717, 1.165) is 21.1 Å². The first-order valence-electron chi connectivity index (χ1n) is 8.46. The molecule has 3 rings (SSSR count). The van der Waals surface area contributed by atoms with Gasteiger partial charge in [-0.2, -0.15) is 0 Å². The average molecular weight is 371 g/mol. The molecule has 0 spiro atoms. The minimum atomic E-state index is -0.395. The molecule has 0 saturated heterocycles. The van der Waals surface area contributed by atoms with Gasteiger partial charge in [0, 0.05) is 12.1 Å². The fourth-order valence-electron chi connectivity index (χ4n) is 2.66. The molecule has 0 amide bonds. The largest absolute Gasteiger partial charge is 0.491 e. The van der Waals surface area contributed by atoms with Crippen LogP contribution in [0.15, 0.2) is 36.4 Å². The molecule has 1 heterocycles. The molecule has 0 bridgehead atoms. The average Bonchev–Trinajstić information content (AvgIpc) is 3.00. The van der Waals surface area contributed by atoms with Crippen molar-refractivity contribution in [3.8, 4) is 5.75 Å². The van der Waals surface area contributed by atoms with Crippen molar-refractivity contribution in [2.45, 2.75) is 26.7 Å². The van der Waals surface area contributed by atoms with Gasteiger partial charge in [0.05, 0.1) is 21.7 Å². The Labute approximate surface area is 156 Å². The highest BCUT2D eigenvalue weighted by molar-refractivity contribution is 7.22. The highest BCUT2D eigenvalue weighted by Gasteiger charge is 2.11. The van der Waals surface area contributed by atoms with Crippen molar-refractivity contribution in [3.63, 3.8) is 0 Å². The molecular formula is C19H21N3O3S. The van der Waals surface area contributed by atoms with E-state index >= 15 is 0 Å². The quantitative estimate of drug-likeness (QED) is 0.354. The number of fused-ring (bicyclic) bond motifs is 1. The van der Waals surface area contributed by atoms with Crippen LogP contribution in [0.3, 0.4) is 0 Å². The van der Waals surface area contributed by atoms with Crippen molar-refractivity contribution in [3.05, 3.63) is 57.6 Å². The summed E-state index contributed by atoms with van der Waals surface area (Å²) in [7, 11) is 0. The number of thiazole rings is 1. The van der Waals surface area contributed by atoms with Gasteiger partial charge in [-0.05, 0) is 36.1 Å². The summed E-state index contributed by atoms with van der Waals surface area (Å²) < 4.78 is 6.75. The van der Waals surface area contributed by atoms with Gasteiger partial charge in [0.2, 0.25) is 0 Å². The van der Waals surface area contributed by atoms with Crippen molar-refractivity contribution in [2.75, 3.05) is 18.5 Å². The molecule has 0 saturated carbocycles. The Morgan fingerprint density at radius 1 is 1.27 bits per heavy atom. The summed E-state index contributed by atoms with van der Waals surface area (Å²) in [5.74, 6) is 1.32. The minimum Gasteiger partial charge on any atom is -0.491 e. The number of rotatable bonds is 7. The molecule has 1 N–H and O–H groups in total. The fourth-order valence-corrected chi connectivity index (χ4v) is 3.59. The number of nitrogens with one attached hydrogen (secondary N) is 1. The number of hydrogen-bond acceptors (Lipinski definition) is 6. The molecule has 3 aromatic rings. The van der Waals surface area contributed by atoms with E-state index in [2.05, 4.69) is 49.3 Å². The Morgan fingerprint density at radius 3 is 2.81 bits per heavy atom. The van der Waals surface area contributed by atoms with Crippen LogP contribution in [0.2, 0.25) is 0 Å². The first-order valence-corrected chi connectivity index (χ1v) is 9.28. The maximum Gasteiger partial charge on any atom is 0.270 e. The third-order valence-electron chi connectivity index (χ3n) is 4.01. The third kappa shape index (κ3) is 4.11.